The summed E-state index contributed by atoms with van der Waals surface area (Å²) < 4.78 is 1.88. The van der Waals surface area contributed by atoms with Gasteiger partial charge in [0.15, 0.2) is 0 Å². The fourth-order valence-corrected chi connectivity index (χ4v) is 1.74. The molecule has 96 valence electrons. The fourth-order valence-electron chi connectivity index (χ4n) is 1.74. The van der Waals surface area contributed by atoms with Crippen LogP contribution in [0.5, 0.6) is 0 Å². The number of rotatable bonds is 8. The second-order valence-corrected chi connectivity index (χ2v) is 3.98. The van der Waals surface area contributed by atoms with E-state index in [4.69, 9.17) is 5.11 Å². The van der Waals surface area contributed by atoms with Gasteiger partial charge in [0.1, 0.15) is 6.04 Å². The van der Waals surface area contributed by atoms with E-state index < -0.39 is 12.0 Å². The number of aliphatic carboxylic acids is 1. The van der Waals surface area contributed by atoms with Crippen LogP contribution >= 0.6 is 0 Å². The Labute approximate surface area is 101 Å². The van der Waals surface area contributed by atoms with E-state index in [1.165, 1.54) is 0 Å². The number of carbonyl (C=O) groups is 1. The Balaban J connectivity index is 2.26. The molecule has 0 radical (unpaired) electrons. The minimum absolute atomic E-state index is 0.448. The van der Waals surface area contributed by atoms with Crippen molar-refractivity contribution in [2.45, 2.75) is 45.2 Å². The molecular weight excluding hydrogens is 220 g/mol. The molecule has 17 heavy (non-hydrogen) atoms. The molecule has 0 aliphatic carbocycles. The lowest BCUT2D eigenvalue weighted by atomic mass is 10.1. The number of carboxylic acids is 1. The minimum Gasteiger partial charge on any atom is -0.480 e. The summed E-state index contributed by atoms with van der Waals surface area (Å²) in [4.78, 5) is 10.8. The summed E-state index contributed by atoms with van der Waals surface area (Å²) in [6, 6.07) is -0.448. The van der Waals surface area contributed by atoms with Gasteiger partial charge in [0, 0.05) is 6.54 Å². The maximum atomic E-state index is 10.8. The van der Waals surface area contributed by atoms with Crippen molar-refractivity contribution in [2.75, 3.05) is 7.05 Å². The number of aryl methyl sites for hydroxylation is 2. The molecule has 0 aliphatic heterocycles. The van der Waals surface area contributed by atoms with Crippen LogP contribution in [0.1, 0.15) is 31.9 Å². The Morgan fingerprint density at radius 3 is 2.94 bits per heavy atom. The summed E-state index contributed by atoms with van der Waals surface area (Å²) in [5.74, 6) is -0.789. The monoisotopic (exact) mass is 240 g/mol. The lowest BCUT2D eigenvalue weighted by Crippen LogP contribution is -2.33. The van der Waals surface area contributed by atoms with Crippen LogP contribution in [0.2, 0.25) is 0 Å². The molecule has 0 spiro atoms. The summed E-state index contributed by atoms with van der Waals surface area (Å²) in [6.07, 6.45) is 5.11. The van der Waals surface area contributed by atoms with Gasteiger partial charge in [-0.2, -0.15) is 0 Å². The fraction of sp³-hybridized carbons (Fsp3) is 0.727. The first kappa shape index (κ1) is 13.6. The number of unbranched alkanes of at least 4 members (excludes halogenated alkanes) is 1. The molecular formula is C11H20N4O2. The normalized spacial score (nSPS) is 12.6. The number of carboxylic acid groups (broad SMARTS) is 1. The third-order valence-corrected chi connectivity index (χ3v) is 2.82. The summed E-state index contributed by atoms with van der Waals surface area (Å²) in [5, 5.41) is 19.5. The van der Waals surface area contributed by atoms with E-state index in [9.17, 15) is 4.79 Å². The average Bonchev–Trinajstić information content (AvgIpc) is 2.76. The zero-order chi connectivity index (χ0) is 12.7. The van der Waals surface area contributed by atoms with Crippen LogP contribution in [0.3, 0.4) is 0 Å². The molecule has 0 bridgehead atoms. The first-order valence-corrected chi connectivity index (χ1v) is 5.96. The number of aromatic nitrogens is 3. The van der Waals surface area contributed by atoms with Crippen molar-refractivity contribution < 1.29 is 9.90 Å². The van der Waals surface area contributed by atoms with Crippen molar-refractivity contribution >= 4 is 5.97 Å². The molecule has 0 amide bonds. The molecule has 6 heteroatoms. The number of hydrogen-bond donors (Lipinski definition) is 2. The highest BCUT2D eigenvalue weighted by Crippen LogP contribution is 2.05. The summed E-state index contributed by atoms with van der Waals surface area (Å²) in [5.41, 5.74) is 1.12. The standard InChI is InChI=1S/C11H20N4O2/c1-3-9-8-13-14-15(9)7-5-4-6-10(12-2)11(16)17/h8,10,12H,3-7H2,1-2H3,(H,16,17). The van der Waals surface area contributed by atoms with Gasteiger partial charge in [-0.3, -0.25) is 4.79 Å². The van der Waals surface area contributed by atoms with E-state index in [-0.39, 0.29) is 0 Å². The molecule has 0 fully saturated rings. The van der Waals surface area contributed by atoms with E-state index in [0.29, 0.717) is 6.42 Å². The van der Waals surface area contributed by atoms with Crippen LogP contribution in [0, 0.1) is 0 Å². The van der Waals surface area contributed by atoms with Gasteiger partial charge < -0.3 is 10.4 Å². The van der Waals surface area contributed by atoms with E-state index in [1.807, 2.05) is 4.68 Å². The number of nitrogens with zero attached hydrogens (tertiary/aromatic N) is 3. The molecule has 0 aliphatic rings. The molecule has 1 atom stereocenters. The average molecular weight is 240 g/mol. The zero-order valence-corrected chi connectivity index (χ0v) is 10.4. The van der Waals surface area contributed by atoms with Gasteiger partial charge in [0.2, 0.25) is 0 Å². The van der Waals surface area contributed by atoms with Crippen LogP contribution in [-0.4, -0.2) is 39.2 Å². The smallest absolute Gasteiger partial charge is 0.320 e. The van der Waals surface area contributed by atoms with Gasteiger partial charge >= 0.3 is 5.97 Å². The van der Waals surface area contributed by atoms with Crippen LogP contribution < -0.4 is 5.32 Å². The summed E-state index contributed by atoms with van der Waals surface area (Å²) in [7, 11) is 1.67. The molecule has 6 nitrogen and oxygen atoms in total. The van der Waals surface area contributed by atoms with Crippen LogP contribution in [0.15, 0.2) is 6.20 Å². The van der Waals surface area contributed by atoms with Gasteiger partial charge in [-0.05, 0) is 32.7 Å². The van der Waals surface area contributed by atoms with Gasteiger partial charge in [0.25, 0.3) is 0 Å². The van der Waals surface area contributed by atoms with Crippen molar-refractivity contribution in [1.82, 2.24) is 20.3 Å². The molecule has 1 aromatic heterocycles. The lowest BCUT2D eigenvalue weighted by Gasteiger charge is -2.10. The topological polar surface area (TPSA) is 80.0 Å². The van der Waals surface area contributed by atoms with Gasteiger partial charge in [-0.25, -0.2) is 4.68 Å². The van der Waals surface area contributed by atoms with Crippen molar-refractivity contribution in [2.24, 2.45) is 0 Å². The number of hydrogen-bond acceptors (Lipinski definition) is 4. The third kappa shape index (κ3) is 4.14. The van der Waals surface area contributed by atoms with E-state index in [0.717, 1.165) is 31.5 Å². The van der Waals surface area contributed by atoms with Gasteiger partial charge in [0.05, 0.1) is 11.9 Å². The Morgan fingerprint density at radius 1 is 1.59 bits per heavy atom. The predicted molar refractivity (Wildman–Crippen MR) is 63.7 cm³/mol. The molecule has 1 heterocycles. The molecule has 1 rings (SSSR count). The van der Waals surface area contributed by atoms with Crippen LogP contribution in [0.4, 0.5) is 0 Å². The van der Waals surface area contributed by atoms with Crippen molar-refractivity contribution in [3.63, 3.8) is 0 Å². The highest BCUT2D eigenvalue weighted by atomic mass is 16.4. The minimum atomic E-state index is -0.789. The highest BCUT2D eigenvalue weighted by molar-refractivity contribution is 5.73. The first-order valence-electron chi connectivity index (χ1n) is 5.96. The van der Waals surface area contributed by atoms with Crippen LogP contribution in [0.25, 0.3) is 0 Å². The Bertz CT molecular complexity index is 351. The second-order valence-electron chi connectivity index (χ2n) is 3.98. The number of likely N-dealkylation sites (N-methyl/N-ethyl adjacent to an activating group) is 1. The SMILES string of the molecule is CCc1cnnn1CCCCC(NC)C(=O)O. The van der Waals surface area contributed by atoms with Crippen LogP contribution in [-0.2, 0) is 17.8 Å². The van der Waals surface area contributed by atoms with Crippen molar-refractivity contribution in [3.05, 3.63) is 11.9 Å². The molecule has 2 N–H and O–H groups in total. The predicted octanol–water partition coefficient (Wildman–Crippen LogP) is 0.683. The third-order valence-electron chi connectivity index (χ3n) is 2.82. The molecule has 0 aromatic carbocycles. The second kappa shape index (κ2) is 7.01. The highest BCUT2D eigenvalue weighted by Gasteiger charge is 2.13. The molecule has 1 unspecified atom stereocenters. The quantitative estimate of drug-likeness (QED) is 0.653. The van der Waals surface area contributed by atoms with E-state index >= 15 is 0 Å². The Kier molecular flexibility index (Phi) is 5.62. The summed E-state index contributed by atoms with van der Waals surface area (Å²) >= 11 is 0. The summed E-state index contributed by atoms with van der Waals surface area (Å²) in [6.45, 7) is 2.87. The Hall–Kier alpha value is -1.43. The van der Waals surface area contributed by atoms with E-state index in [1.54, 1.807) is 13.2 Å². The number of nitrogens with one attached hydrogen (secondary N) is 1. The van der Waals surface area contributed by atoms with Crippen molar-refractivity contribution in [3.8, 4) is 0 Å². The van der Waals surface area contributed by atoms with E-state index in [2.05, 4.69) is 22.6 Å². The Morgan fingerprint density at radius 2 is 2.35 bits per heavy atom. The largest absolute Gasteiger partial charge is 0.480 e. The molecule has 0 saturated carbocycles. The zero-order valence-electron chi connectivity index (χ0n) is 10.4. The van der Waals surface area contributed by atoms with Gasteiger partial charge in [-0.15, -0.1) is 5.10 Å². The maximum Gasteiger partial charge on any atom is 0.320 e. The van der Waals surface area contributed by atoms with Gasteiger partial charge in [-0.1, -0.05) is 12.1 Å². The molecule has 1 aromatic rings. The molecule has 0 saturated heterocycles. The lowest BCUT2D eigenvalue weighted by molar-refractivity contribution is -0.139. The first-order chi connectivity index (χ1) is 8.19. The maximum absolute atomic E-state index is 10.8. The van der Waals surface area contributed by atoms with Crippen molar-refractivity contribution in [1.29, 1.82) is 0 Å².